The summed E-state index contributed by atoms with van der Waals surface area (Å²) in [7, 11) is 0. The largest absolute Gasteiger partial charge is 0.254 e. The monoisotopic (exact) mass is 1100 g/mol. The minimum atomic E-state index is -0.309. The third-order valence-electron chi connectivity index (χ3n) is 10.7. The molecule has 0 saturated heterocycles. The number of nitrogens with zero attached hydrogens (tertiary/aromatic N) is 5. The standard InChI is InChI=1S/C52H30I3N5/c56-29-32-5-7-33(8-6-32)34-9-17-39(18-10-34)50-53-51(40-19-11-35(12-20-40)44-27-42-23-15-37-3-1-25-57-46(37)48(42)59-30-44)55-52(54-50)41-21-13-36(14-22-41)45-28-43-24-16-38-4-2-26-58-47(38)49(43)60-31-45/h1-28,30-31H. The van der Waals surface area contributed by atoms with E-state index in [0.29, 0.717) is 5.56 Å². The van der Waals surface area contributed by atoms with Gasteiger partial charge in [-0.1, -0.05) is 184 Å². The van der Waals surface area contributed by atoms with Crippen LogP contribution in [0.4, 0.5) is 0 Å². The number of hydrogen-bond acceptors (Lipinski definition) is 5. The topological polar surface area (TPSA) is 75.3 Å². The predicted molar refractivity (Wildman–Crippen MR) is 276 cm³/mol. The number of aromatic nitrogens is 4. The number of pyridine rings is 4. The van der Waals surface area contributed by atoms with Crippen molar-refractivity contribution in [1.29, 1.82) is 5.26 Å². The van der Waals surface area contributed by atoms with Crippen molar-refractivity contribution < 1.29 is 0 Å². The van der Waals surface area contributed by atoms with Gasteiger partial charge in [-0.15, -0.1) is 0 Å². The Morgan fingerprint density at radius 3 is 1.07 bits per heavy atom. The van der Waals surface area contributed by atoms with E-state index in [9.17, 15) is 5.26 Å². The number of benzene rings is 6. The molecule has 0 radical (unpaired) electrons. The van der Waals surface area contributed by atoms with Gasteiger partial charge in [-0.05, 0) is 75.3 Å². The van der Waals surface area contributed by atoms with E-state index in [1.807, 2.05) is 61.2 Å². The third-order valence-corrected chi connectivity index (χ3v) is 25.5. The lowest BCUT2D eigenvalue weighted by molar-refractivity contribution is 1.37. The maximum absolute atomic E-state index is 9.29. The Morgan fingerprint density at radius 1 is 0.333 bits per heavy atom. The van der Waals surface area contributed by atoms with E-state index in [2.05, 4.69) is 137 Å². The Kier molecular flexibility index (Phi) is 9.95. The summed E-state index contributed by atoms with van der Waals surface area (Å²) in [6.07, 6.45) is 7.64. The smallest absolute Gasteiger partial charge is 0.0991 e. The number of fused-ring (bicyclic) bond motifs is 6. The first-order chi connectivity index (χ1) is 29.6. The van der Waals surface area contributed by atoms with E-state index in [4.69, 9.17) is 9.97 Å². The van der Waals surface area contributed by atoms with Crippen molar-refractivity contribution in [3.8, 4) is 39.4 Å². The van der Waals surface area contributed by atoms with Crippen molar-refractivity contribution in [3.05, 3.63) is 205 Å². The van der Waals surface area contributed by atoms with Crippen molar-refractivity contribution in [2.75, 3.05) is 0 Å². The summed E-state index contributed by atoms with van der Waals surface area (Å²) in [4.78, 5) is 19.0. The molecule has 284 valence electrons. The molecule has 11 rings (SSSR count). The van der Waals surface area contributed by atoms with Crippen molar-refractivity contribution >= 4 is 110 Å². The molecular weight excluding hydrogens is 1080 g/mol. The van der Waals surface area contributed by atoms with Gasteiger partial charge in [0.15, 0.2) is 0 Å². The molecule has 6 aromatic carbocycles. The molecule has 5 nitrogen and oxygen atoms in total. The molecule has 10 aromatic rings. The van der Waals surface area contributed by atoms with Crippen LogP contribution in [0.1, 0.15) is 22.3 Å². The molecule has 8 heteroatoms. The first kappa shape index (κ1) is 37.3. The molecular formula is C52H30I3N5. The van der Waals surface area contributed by atoms with Crippen molar-refractivity contribution in [1.82, 2.24) is 19.9 Å². The lowest BCUT2D eigenvalue weighted by Gasteiger charge is -2.15. The number of rotatable bonds is 6. The maximum atomic E-state index is 9.29. The molecule has 4 aromatic heterocycles. The molecule has 0 aliphatic carbocycles. The Balaban J connectivity index is 0.937. The van der Waals surface area contributed by atoms with Crippen LogP contribution in [0.25, 0.3) is 77.0 Å². The predicted octanol–water partition coefficient (Wildman–Crippen LogP) is 13.5. The highest BCUT2D eigenvalue weighted by molar-refractivity contribution is 14.3. The van der Waals surface area contributed by atoms with Crippen LogP contribution in [0.2, 0.25) is 0 Å². The average molecular weight is 1110 g/mol. The van der Waals surface area contributed by atoms with Gasteiger partial charge >= 0.3 is 0 Å². The van der Waals surface area contributed by atoms with E-state index in [1.165, 1.54) is 33.4 Å². The molecule has 0 amide bonds. The second kappa shape index (κ2) is 16.0. The fraction of sp³-hybridized carbons (Fsp3) is 0. The SMILES string of the molecule is N#Cc1ccc(-c2ccc(C3=IC(c4ccc(-c5cnc6c(ccc7cccnc76)c5)cc4)=IC(c4ccc(-c5cnc6c(ccc7cccnc76)c5)cc4)=I3)cc2)cc1. The Labute approximate surface area is 376 Å². The van der Waals surface area contributed by atoms with Gasteiger partial charge in [0.2, 0.25) is 0 Å². The van der Waals surface area contributed by atoms with Crippen LogP contribution >= 0.6 is 62.2 Å². The first-order valence-electron chi connectivity index (χ1n) is 19.3. The molecule has 1 aliphatic rings. The number of halogens is 3. The minimum Gasteiger partial charge on any atom is -0.254 e. The summed E-state index contributed by atoms with van der Waals surface area (Å²) in [5.74, 6) is 0. The molecule has 0 unspecified atom stereocenters. The van der Waals surface area contributed by atoms with Gasteiger partial charge in [-0.25, -0.2) is 0 Å². The minimum absolute atomic E-state index is 0.304. The van der Waals surface area contributed by atoms with E-state index in [-0.39, 0.29) is 62.2 Å². The molecule has 0 atom stereocenters. The van der Waals surface area contributed by atoms with Crippen LogP contribution in [-0.2, 0) is 0 Å². The fourth-order valence-corrected chi connectivity index (χ4v) is 31.2. The van der Waals surface area contributed by atoms with Gasteiger partial charge in [0.1, 0.15) is 0 Å². The summed E-state index contributed by atoms with van der Waals surface area (Å²) in [6, 6.07) is 58.9. The van der Waals surface area contributed by atoms with Crippen molar-refractivity contribution in [3.63, 3.8) is 0 Å². The molecule has 1 aliphatic heterocycles. The van der Waals surface area contributed by atoms with Gasteiger partial charge in [0, 0.05) is 62.0 Å². The number of nitriles is 1. The summed E-state index contributed by atoms with van der Waals surface area (Å²) in [5, 5.41) is 13.7. The fourth-order valence-electron chi connectivity index (χ4n) is 7.49. The van der Waals surface area contributed by atoms with E-state index >= 15 is 0 Å². The van der Waals surface area contributed by atoms with Crippen molar-refractivity contribution in [2.45, 2.75) is 0 Å². The van der Waals surface area contributed by atoms with Crippen LogP contribution in [0.5, 0.6) is 0 Å². The lowest BCUT2D eigenvalue weighted by Crippen LogP contribution is -2.02. The van der Waals surface area contributed by atoms with Crippen molar-refractivity contribution in [2.24, 2.45) is 0 Å². The normalized spacial score (nSPS) is 13.0. The quantitative estimate of drug-likeness (QED) is 0.122. The zero-order valence-electron chi connectivity index (χ0n) is 31.7. The second-order valence-corrected chi connectivity index (χ2v) is 28.6. The molecule has 0 fully saturated rings. The summed E-state index contributed by atoms with van der Waals surface area (Å²) in [6.45, 7) is 0. The first-order valence-corrected chi connectivity index (χ1v) is 25.8. The average Bonchev–Trinajstić information content (AvgIpc) is 3.33. The molecule has 5 heterocycles. The summed E-state index contributed by atoms with van der Waals surface area (Å²) >= 11 is -0.917. The van der Waals surface area contributed by atoms with Gasteiger partial charge < -0.3 is 0 Å². The van der Waals surface area contributed by atoms with Gasteiger partial charge in [-0.3, -0.25) is 19.9 Å². The summed E-state index contributed by atoms with van der Waals surface area (Å²) < 4.78 is 4.97. The molecule has 0 N–H and O–H groups in total. The van der Waals surface area contributed by atoms with Crippen LogP contribution in [0.3, 0.4) is 0 Å². The number of hydrogen-bond donors (Lipinski definition) is 0. The molecule has 0 spiro atoms. The molecule has 0 saturated carbocycles. The van der Waals surface area contributed by atoms with E-state index in [0.717, 1.165) is 60.3 Å². The Morgan fingerprint density at radius 2 is 0.667 bits per heavy atom. The van der Waals surface area contributed by atoms with Crippen LogP contribution in [0.15, 0.2) is 183 Å². The van der Waals surface area contributed by atoms with E-state index < -0.39 is 0 Å². The van der Waals surface area contributed by atoms with Gasteiger partial charge in [0.05, 0.1) is 33.7 Å². The van der Waals surface area contributed by atoms with Crippen LogP contribution < -0.4 is 0 Å². The van der Waals surface area contributed by atoms with Crippen LogP contribution in [-0.4, -0.2) is 24.5 Å². The van der Waals surface area contributed by atoms with Gasteiger partial charge in [-0.2, -0.15) is 5.26 Å². The summed E-state index contributed by atoms with van der Waals surface area (Å²) in [5.41, 5.74) is 15.4. The highest BCUT2D eigenvalue weighted by Gasteiger charge is 2.16. The lowest BCUT2D eigenvalue weighted by atomic mass is 10.0. The van der Waals surface area contributed by atoms with Gasteiger partial charge in [0.25, 0.3) is 0 Å². The molecule has 0 bridgehead atoms. The third kappa shape index (κ3) is 7.18. The molecule has 60 heavy (non-hydrogen) atoms. The van der Waals surface area contributed by atoms with Crippen LogP contribution in [0, 0.1) is 11.3 Å². The zero-order chi connectivity index (χ0) is 40.0. The highest BCUT2D eigenvalue weighted by atomic mass is 127. The Bertz CT molecular complexity index is 3300. The Hall–Kier alpha value is -5.75. The zero-order valence-corrected chi connectivity index (χ0v) is 38.2. The van der Waals surface area contributed by atoms with E-state index in [1.54, 1.807) is 4.55 Å². The maximum Gasteiger partial charge on any atom is 0.0991 e. The second-order valence-electron chi connectivity index (χ2n) is 14.4. The highest BCUT2D eigenvalue weighted by Crippen LogP contribution is 2.40.